The second-order valence-electron chi connectivity index (χ2n) is 6.51. The molecule has 1 atom stereocenters. The number of benzene rings is 2. The highest BCUT2D eigenvalue weighted by atomic mass is 35.5. The molecule has 144 valence electrons. The van der Waals surface area contributed by atoms with Gasteiger partial charge in [-0.15, -0.1) is 0 Å². The zero-order valence-electron chi connectivity index (χ0n) is 15.5. The van der Waals surface area contributed by atoms with Crippen LogP contribution in [-0.4, -0.2) is 43.2 Å². The summed E-state index contributed by atoms with van der Waals surface area (Å²) < 4.78 is 11.8. The van der Waals surface area contributed by atoms with Crippen molar-refractivity contribution in [2.75, 3.05) is 26.2 Å². The van der Waals surface area contributed by atoms with Crippen molar-refractivity contribution in [3.63, 3.8) is 0 Å². The van der Waals surface area contributed by atoms with Crippen LogP contribution in [0.25, 0.3) is 0 Å². The molecular formula is C21H25ClN2O3. The van der Waals surface area contributed by atoms with E-state index in [0.717, 1.165) is 30.2 Å². The van der Waals surface area contributed by atoms with E-state index >= 15 is 0 Å². The van der Waals surface area contributed by atoms with Crippen molar-refractivity contribution >= 4 is 17.5 Å². The van der Waals surface area contributed by atoms with Gasteiger partial charge in [0.15, 0.2) is 11.5 Å². The summed E-state index contributed by atoms with van der Waals surface area (Å²) in [5.41, 5.74) is 0.922. The van der Waals surface area contributed by atoms with Gasteiger partial charge in [-0.05, 0) is 30.3 Å². The van der Waals surface area contributed by atoms with Gasteiger partial charge in [-0.1, -0.05) is 48.9 Å². The van der Waals surface area contributed by atoms with Crippen molar-refractivity contribution in [3.8, 4) is 11.5 Å². The van der Waals surface area contributed by atoms with Crippen molar-refractivity contribution in [1.29, 1.82) is 0 Å². The minimum Gasteiger partial charge on any atom is -0.486 e. The topological polar surface area (TPSA) is 50.8 Å². The van der Waals surface area contributed by atoms with E-state index in [2.05, 4.69) is 17.1 Å². The third kappa shape index (κ3) is 5.62. The van der Waals surface area contributed by atoms with E-state index in [1.807, 2.05) is 48.5 Å². The number of ether oxygens (including phenoxy) is 2. The molecule has 0 radical (unpaired) electrons. The molecule has 0 saturated heterocycles. The zero-order valence-corrected chi connectivity index (χ0v) is 16.2. The third-order valence-corrected chi connectivity index (χ3v) is 4.93. The fraction of sp³-hybridized carbons (Fsp3) is 0.381. The van der Waals surface area contributed by atoms with Crippen LogP contribution in [0.1, 0.15) is 18.9 Å². The molecule has 1 aliphatic rings. The van der Waals surface area contributed by atoms with Crippen LogP contribution >= 0.6 is 11.6 Å². The van der Waals surface area contributed by atoms with Gasteiger partial charge in [0, 0.05) is 31.1 Å². The molecule has 2 aromatic rings. The summed E-state index contributed by atoms with van der Waals surface area (Å²) in [5, 5.41) is 3.60. The second kappa shape index (κ2) is 9.62. The lowest BCUT2D eigenvalue weighted by Crippen LogP contribution is -2.42. The Kier molecular flexibility index (Phi) is 6.96. The number of para-hydroxylation sites is 2. The number of nitrogens with zero attached hydrogens (tertiary/aromatic N) is 1. The molecule has 0 spiro atoms. The third-order valence-electron chi connectivity index (χ3n) is 4.57. The van der Waals surface area contributed by atoms with E-state index in [4.69, 9.17) is 21.1 Å². The van der Waals surface area contributed by atoms with E-state index in [1.54, 1.807) is 0 Å². The molecule has 0 saturated carbocycles. The van der Waals surface area contributed by atoms with Crippen LogP contribution in [0.2, 0.25) is 5.02 Å². The molecule has 6 heteroatoms. The van der Waals surface area contributed by atoms with Gasteiger partial charge in [-0.2, -0.15) is 0 Å². The van der Waals surface area contributed by atoms with Crippen LogP contribution in [0.3, 0.4) is 0 Å². The number of likely N-dealkylation sites (N-methyl/N-ethyl adjacent to an activating group) is 1. The second-order valence-corrected chi connectivity index (χ2v) is 6.92. The van der Waals surface area contributed by atoms with Gasteiger partial charge in [-0.3, -0.25) is 9.69 Å². The Morgan fingerprint density at radius 1 is 1.19 bits per heavy atom. The predicted octanol–water partition coefficient (Wildman–Crippen LogP) is 3.51. The number of halogens is 1. The van der Waals surface area contributed by atoms with Crippen LogP contribution in [0.5, 0.6) is 11.5 Å². The minimum atomic E-state index is -0.0361. The average Bonchev–Trinajstić information content (AvgIpc) is 2.70. The Morgan fingerprint density at radius 3 is 2.70 bits per heavy atom. The summed E-state index contributed by atoms with van der Waals surface area (Å²) in [6.45, 7) is 5.29. The van der Waals surface area contributed by atoms with Crippen molar-refractivity contribution in [3.05, 3.63) is 59.1 Å². The van der Waals surface area contributed by atoms with Crippen LogP contribution in [-0.2, 0) is 11.3 Å². The highest BCUT2D eigenvalue weighted by molar-refractivity contribution is 6.31. The van der Waals surface area contributed by atoms with Crippen LogP contribution in [0, 0.1) is 0 Å². The Hall–Kier alpha value is -2.24. The quantitative estimate of drug-likeness (QED) is 0.751. The first-order chi connectivity index (χ1) is 13.2. The summed E-state index contributed by atoms with van der Waals surface area (Å²) >= 11 is 6.12. The first kappa shape index (κ1) is 19.5. The maximum Gasteiger partial charge on any atom is 0.221 e. The number of carbonyl (C=O) groups excluding carboxylic acids is 1. The lowest BCUT2D eigenvalue weighted by atomic mass is 10.2. The molecule has 5 nitrogen and oxygen atoms in total. The number of carbonyl (C=O) groups is 1. The first-order valence-electron chi connectivity index (χ1n) is 9.26. The number of hydrogen-bond donors (Lipinski definition) is 1. The Labute approximate surface area is 165 Å². The summed E-state index contributed by atoms with van der Waals surface area (Å²) in [5.74, 6) is 1.58. The molecule has 0 bridgehead atoms. The Balaban J connectivity index is 1.42. The summed E-state index contributed by atoms with van der Waals surface area (Å²) in [4.78, 5) is 14.4. The maximum atomic E-state index is 12.2. The molecule has 1 heterocycles. The SMILES string of the molecule is CCN(CCC(=O)NCc1ccccc1Cl)CC1COc2ccccc2O1. The molecule has 1 aliphatic heterocycles. The lowest BCUT2D eigenvalue weighted by Gasteiger charge is -2.30. The van der Waals surface area contributed by atoms with Crippen molar-refractivity contribution in [2.24, 2.45) is 0 Å². The van der Waals surface area contributed by atoms with Gasteiger partial charge in [0.25, 0.3) is 0 Å². The van der Waals surface area contributed by atoms with Crippen molar-refractivity contribution in [2.45, 2.75) is 26.0 Å². The first-order valence-corrected chi connectivity index (χ1v) is 9.64. The lowest BCUT2D eigenvalue weighted by molar-refractivity contribution is -0.121. The molecule has 1 N–H and O–H groups in total. The van der Waals surface area contributed by atoms with Crippen molar-refractivity contribution < 1.29 is 14.3 Å². The normalized spacial score (nSPS) is 15.6. The number of fused-ring (bicyclic) bond motifs is 1. The van der Waals surface area contributed by atoms with Gasteiger partial charge < -0.3 is 14.8 Å². The molecule has 0 aliphatic carbocycles. The molecular weight excluding hydrogens is 364 g/mol. The highest BCUT2D eigenvalue weighted by Crippen LogP contribution is 2.31. The van der Waals surface area contributed by atoms with Gasteiger partial charge >= 0.3 is 0 Å². The van der Waals surface area contributed by atoms with E-state index in [0.29, 0.717) is 31.1 Å². The molecule has 0 aromatic heterocycles. The predicted molar refractivity (Wildman–Crippen MR) is 106 cm³/mol. The van der Waals surface area contributed by atoms with E-state index < -0.39 is 0 Å². The molecule has 2 aromatic carbocycles. The monoisotopic (exact) mass is 388 g/mol. The standard InChI is InChI=1S/C21H25ClN2O3/c1-2-24(14-17-15-26-19-9-5-6-10-20(19)27-17)12-11-21(25)23-13-16-7-3-4-8-18(16)22/h3-10,17H,2,11-15H2,1H3,(H,23,25). The maximum absolute atomic E-state index is 12.2. The van der Waals surface area contributed by atoms with Gasteiger partial charge in [0.1, 0.15) is 12.7 Å². The minimum absolute atomic E-state index is 0.0135. The smallest absolute Gasteiger partial charge is 0.221 e. The molecule has 0 fully saturated rings. The summed E-state index contributed by atoms with van der Waals surface area (Å²) in [6.07, 6.45) is 0.397. The zero-order chi connectivity index (χ0) is 19.1. The van der Waals surface area contributed by atoms with Crippen LogP contribution in [0.4, 0.5) is 0 Å². The van der Waals surface area contributed by atoms with Crippen LogP contribution < -0.4 is 14.8 Å². The summed E-state index contributed by atoms with van der Waals surface area (Å²) in [6, 6.07) is 15.2. The van der Waals surface area contributed by atoms with Crippen molar-refractivity contribution in [1.82, 2.24) is 10.2 Å². The number of nitrogens with one attached hydrogen (secondary N) is 1. The number of rotatable bonds is 8. The molecule has 27 heavy (non-hydrogen) atoms. The Bertz CT molecular complexity index is 769. The largest absolute Gasteiger partial charge is 0.486 e. The molecule has 3 rings (SSSR count). The fourth-order valence-corrected chi connectivity index (χ4v) is 3.21. The number of hydrogen-bond acceptors (Lipinski definition) is 4. The molecule has 1 amide bonds. The van der Waals surface area contributed by atoms with E-state index in [1.165, 1.54) is 0 Å². The Morgan fingerprint density at radius 2 is 1.93 bits per heavy atom. The highest BCUT2D eigenvalue weighted by Gasteiger charge is 2.22. The van der Waals surface area contributed by atoms with E-state index in [9.17, 15) is 4.79 Å². The fourth-order valence-electron chi connectivity index (χ4n) is 3.00. The van der Waals surface area contributed by atoms with Gasteiger partial charge in [0.2, 0.25) is 5.91 Å². The van der Waals surface area contributed by atoms with Crippen LogP contribution in [0.15, 0.2) is 48.5 Å². The number of amides is 1. The summed E-state index contributed by atoms with van der Waals surface area (Å²) in [7, 11) is 0. The van der Waals surface area contributed by atoms with Gasteiger partial charge in [0.05, 0.1) is 0 Å². The van der Waals surface area contributed by atoms with E-state index in [-0.39, 0.29) is 12.0 Å². The average molecular weight is 389 g/mol. The van der Waals surface area contributed by atoms with Gasteiger partial charge in [-0.25, -0.2) is 0 Å². The molecule has 1 unspecified atom stereocenters.